The van der Waals surface area contributed by atoms with Gasteiger partial charge in [-0.25, -0.2) is 4.98 Å². The first kappa shape index (κ1) is 24.9. The second kappa shape index (κ2) is 11.5. The lowest BCUT2D eigenvalue weighted by Gasteiger charge is -2.29. The van der Waals surface area contributed by atoms with Gasteiger partial charge >= 0.3 is 0 Å². The second-order valence-electron chi connectivity index (χ2n) is 10.2. The average molecular weight is 479 g/mol. The number of benzene rings is 1. The molecule has 0 unspecified atom stereocenters. The van der Waals surface area contributed by atoms with Crippen molar-refractivity contribution in [1.82, 2.24) is 15.3 Å². The van der Waals surface area contributed by atoms with Crippen LogP contribution in [-0.4, -0.2) is 48.5 Å². The predicted molar refractivity (Wildman–Crippen MR) is 140 cm³/mol. The number of carbonyl (C=O) groups excluding carboxylic acids is 2. The number of nitrogens with zero attached hydrogens (tertiary/aromatic N) is 3. The molecule has 2 fully saturated rings. The zero-order valence-corrected chi connectivity index (χ0v) is 21.1. The number of rotatable bonds is 8. The van der Waals surface area contributed by atoms with E-state index in [1.165, 1.54) is 0 Å². The fourth-order valence-electron chi connectivity index (χ4n) is 5.16. The molecule has 2 aromatic rings. The summed E-state index contributed by atoms with van der Waals surface area (Å²) in [6.07, 6.45) is 10.2. The molecule has 8 heteroatoms. The molecule has 35 heavy (non-hydrogen) atoms. The molecule has 2 saturated carbocycles. The summed E-state index contributed by atoms with van der Waals surface area (Å²) in [4.78, 5) is 36.2. The fourth-order valence-corrected chi connectivity index (χ4v) is 5.16. The van der Waals surface area contributed by atoms with Gasteiger partial charge in [0.05, 0.1) is 0 Å². The second-order valence-corrected chi connectivity index (χ2v) is 10.2. The van der Waals surface area contributed by atoms with Crippen LogP contribution in [0, 0.1) is 18.8 Å². The van der Waals surface area contributed by atoms with Gasteiger partial charge in [-0.1, -0.05) is 18.9 Å². The highest BCUT2D eigenvalue weighted by atomic mass is 16.2. The Bertz CT molecular complexity index is 1030. The summed E-state index contributed by atoms with van der Waals surface area (Å²) in [6, 6.07) is 7.58. The average Bonchev–Trinajstić information content (AvgIpc) is 3.40. The number of hydrogen-bond acceptors (Lipinski definition) is 6. The number of amides is 2. The van der Waals surface area contributed by atoms with Crippen molar-refractivity contribution in [2.24, 2.45) is 11.8 Å². The van der Waals surface area contributed by atoms with Gasteiger partial charge < -0.3 is 20.9 Å². The van der Waals surface area contributed by atoms with E-state index in [0.29, 0.717) is 35.7 Å². The SMILES string of the molecule is Cc1cnc(N[C@H]2CC[C@@H](CNC(=O)c3cccc(NC(=O)C4CCCC4)c3)CC2)nc1N(C)C. The van der Waals surface area contributed by atoms with Gasteiger partial charge in [-0.15, -0.1) is 0 Å². The van der Waals surface area contributed by atoms with E-state index in [1.54, 1.807) is 12.1 Å². The van der Waals surface area contributed by atoms with Crippen molar-refractivity contribution in [3.63, 3.8) is 0 Å². The molecule has 2 aliphatic carbocycles. The third-order valence-electron chi connectivity index (χ3n) is 7.22. The number of aryl methyl sites for hydroxylation is 1. The molecule has 0 saturated heterocycles. The van der Waals surface area contributed by atoms with Gasteiger partial charge in [0.25, 0.3) is 5.91 Å². The molecule has 1 aromatic carbocycles. The molecule has 0 atom stereocenters. The predicted octanol–water partition coefficient (Wildman–Crippen LogP) is 4.38. The Morgan fingerprint density at radius 1 is 1.06 bits per heavy atom. The van der Waals surface area contributed by atoms with E-state index in [2.05, 4.69) is 25.9 Å². The number of anilines is 3. The van der Waals surface area contributed by atoms with E-state index in [1.807, 2.05) is 44.2 Å². The van der Waals surface area contributed by atoms with Crippen molar-refractivity contribution in [1.29, 1.82) is 0 Å². The summed E-state index contributed by atoms with van der Waals surface area (Å²) < 4.78 is 0. The number of nitrogens with one attached hydrogen (secondary N) is 3. The minimum atomic E-state index is -0.0912. The van der Waals surface area contributed by atoms with Gasteiger partial charge in [0.15, 0.2) is 0 Å². The lowest BCUT2D eigenvalue weighted by Crippen LogP contribution is -2.34. The summed E-state index contributed by atoms with van der Waals surface area (Å²) in [6.45, 7) is 2.68. The minimum absolute atomic E-state index is 0.0689. The standard InChI is InChI=1S/C27H38N6O2/c1-18-16-29-27(32-24(18)33(2)3)31-22-13-11-19(12-14-22)17-28-25(34)21-9-6-10-23(15-21)30-26(35)20-7-4-5-8-20/h6,9-10,15-16,19-20,22H,4-5,7-8,11-14,17H2,1-3H3,(H,28,34)(H,30,35)(H,29,31,32)/t19-,22+. The third kappa shape index (κ3) is 6.71. The van der Waals surface area contributed by atoms with E-state index in [9.17, 15) is 9.59 Å². The van der Waals surface area contributed by atoms with Crippen molar-refractivity contribution in [3.05, 3.63) is 41.6 Å². The maximum absolute atomic E-state index is 12.7. The molecule has 1 heterocycles. The van der Waals surface area contributed by atoms with E-state index in [0.717, 1.165) is 62.7 Å². The highest BCUT2D eigenvalue weighted by Crippen LogP contribution is 2.27. The van der Waals surface area contributed by atoms with E-state index in [-0.39, 0.29) is 17.7 Å². The van der Waals surface area contributed by atoms with Gasteiger partial charge in [0.1, 0.15) is 5.82 Å². The van der Waals surface area contributed by atoms with Crippen molar-refractivity contribution in [2.75, 3.05) is 36.2 Å². The number of hydrogen-bond donors (Lipinski definition) is 3. The van der Waals surface area contributed by atoms with Crippen LogP contribution in [-0.2, 0) is 4.79 Å². The van der Waals surface area contributed by atoms with Crippen LogP contribution in [0.25, 0.3) is 0 Å². The molecule has 0 bridgehead atoms. The summed E-state index contributed by atoms with van der Waals surface area (Å²) in [7, 11) is 3.97. The topological polar surface area (TPSA) is 99.2 Å². The molecule has 2 amide bonds. The molecular weight excluding hydrogens is 440 g/mol. The first-order valence-corrected chi connectivity index (χ1v) is 12.9. The molecule has 0 radical (unpaired) electrons. The van der Waals surface area contributed by atoms with Crippen molar-refractivity contribution in [3.8, 4) is 0 Å². The lowest BCUT2D eigenvalue weighted by molar-refractivity contribution is -0.119. The molecule has 4 rings (SSSR count). The maximum Gasteiger partial charge on any atom is 0.251 e. The Balaban J connectivity index is 1.22. The van der Waals surface area contributed by atoms with Crippen LogP contribution >= 0.6 is 0 Å². The summed E-state index contributed by atoms with van der Waals surface area (Å²) in [5.74, 6) is 2.14. The first-order valence-electron chi connectivity index (χ1n) is 12.9. The first-order chi connectivity index (χ1) is 16.9. The van der Waals surface area contributed by atoms with Crippen molar-refractivity contribution >= 4 is 29.3 Å². The van der Waals surface area contributed by atoms with E-state index in [4.69, 9.17) is 0 Å². The normalized spacial score (nSPS) is 20.3. The lowest BCUT2D eigenvalue weighted by atomic mass is 9.86. The van der Waals surface area contributed by atoms with Crippen LogP contribution < -0.4 is 20.9 Å². The van der Waals surface area contributed by atoms with Crippen LogP contribution in [0.15, 0.2) is 30.5 Å². The zero-order valence-electron chi connectivity index (χ0n) is 21.1. The summed E-state index contributed by atoms with van der Waals surface area (Å²) in [5, 5.41) is 9.56. The third-order valence-corrected chi connectivity index (χ3v) is 7.22. The summed E-state index contributed by atoms with van der Waals surface area (Å²) >= 11 is 0. The molecule has 188 valence electrons. The number of carbonyl (C=O) groups is 2. The monoisotopic (exact) mass is 478 g/mol. The van der Waals surface area contributed by atoms with Crippen LogP contribution in [0.4, 0.5) is 17.5 Å². The van der Waals surface area contributed by atoms with Crippen LogP contribution in [0.1, 0.15) is 67.3 Å². The van der Waals surface area contributed by atoms with E-state index >= 15 is 0 Å². The Morgan fingerprint density at radius 2 is 1.80 bits per heavy atom. The highest BCUT2D eigenvalue weighted by molar-refractivity contribution is 5.97. The van der Waals surface area contributed by atoms with Gasteiger partial charge in [0, 0.05) is 55.6 Å². The summed E-state index contributed by atoms with van der Waals surface area (Å²) in [5.41, 5.74) is 2.33. The highest BCUT2D eigenvalue weighted by Gasteiger charge is 2.24. The molecular formula is C27H38N6O2. The zero-order chi connectivity index (χ0) is 24.8. The Morgan fingerprint density at radius 3 is 2.51 bits per heavy atom. The van der Waals surface area contributed by atoms with Gasteiger partial charge in [-0.3, -0.25) is 9.59 Å². The van der Waals surface area contributed by atoms with E-state index < -0.39 is 0 Å². The van der Waals surface area contributed by atoms with Crippen LogP contribution in [0.3, 0.4) is 0 Å². The quantitative estimate of drug-likeness (QED) is 0.521. The Kier molecular flexibility index (Phi) is 8.21. The smallest absolute Gasteiger partial charge is 0.251 e. The molecule has 1 aromatic heterocycles. The fraction of sp³-hybridized carbons (Fsp3) is 0.556. The molecule has 2 aliphatic rings. The van der Waals surface area contributed by atoms with Gasteiger partial charge in [-0.05, 0) is 69.6 Å². The largest absolute Gasteiger partial charge is 0.362 e. The maximum atomic E-state index is 12.7. The molecule has 0 spiro atoms. The van der Waals surface area contributed by atoms with Crippen LogP contribution in [0.5, 0.6) is 0 Å². The Labute approximate surface area is 208 Å². The minimum Gasteiger partial charge on any atom is -0.362 e. The number of aromatic nitrogens is 2. The molecule has 0 aliphatic heterocycles. The van der Waals surface area contributed by atoms with Gasteiger partial charge in [0.2, 0.25) is 11.9 Å². The van der Waals surface area contributed by atoms with Crippen molar-refractivity contribution in [2.45, 2.75) is 64.3 Å². The Hall–Kier alpha value is -3.16. The van der Waals surface area contributed by atoms with Crippen LogP contribution in [0.2, 0.25) is 0 Å². The van der Waals surface area contributed by atoms with Gasteiger partial charge in [-0.2, -0.15) is 4.98 Å². The molecule has 8 nitrogen and oxygen atoms in total. The van der Waals surface area contributed by atoms with Crippen molar-refractivity contribution < 1.29 is 9.59 Å². The molecule has 3 N–H and O–H groups in total.